The summed E-state index contributed by atoms with van der Waals surface area (Å²) in [6.07, 6.45) is 13.6. The first-order valence-corrected chi connectivity index (χ1v) is 9.63. The topological polar surface area (TPSA) is 6.48 Å². The zero-order valence-corrected chi connectivity index (χ0v) is 14.1. The number of fused-ring (bicyclic) bond motifs is 2. The standard InChI is InChI=1S/C19H34N2/c1-20-11-10-15-12-16(6-7-17(15)13-20)19-9-8-14-4-3-5-18(14)21(19)2/h14-19H,3-13H2,1-2H3. The van der Waals surface area contributed by atoms with Crippen molar-refractivity contribution in [1.82, 2.24) is 9.80 Å². The zero-order chi connectivity index (χ0) is 14.4. The average molecular weight is 290 g/mol. The summed E-state index contributed by atoms with van der Waals surface area (Å²) in [7, 11) is 4.78. The van der Waals surface area contributed by atoms with Crippen molar-refractivity contribution in [3.05, 3.63) is 0 Å². The van der Waals surface area contributed by atoms with Gasteiger partial charge < -0.3 is 4.90 Å². The van der Waals surface area contributed by atoms with Crippen molar-refractivity contribution in [2.24, 2.45) is 23.7 Å². The third kappa shape index (κ3) is 2.67. The molecule has 0 amide bonds. The fraction of sp³-hybridized carbons (Fsp3) is 1.00. The normalized spacial score (nSPS) is 48.9. The van der Waals surface area contributed by atoms with Crippen LogP contribution in [0.1, 0.15) is 57.8 Å². The van der Waals surface area contributed by atoms with E-state index in [0.29, 0.717) is 0 Å². The highest BCUT2D eigenvalue weighted by Crippen LogP contribution is 2.46. The summed E-state index contributed by atoms with van der Waals surface area (Å²) < 4.78 is 0. The zero-order valence-electron chi connectivity index (χ0n) is 14.1. The maximum absolute atomic E-state index is 2.85. The molecule has 6 unspecified atom stereocenters. The van der Waals surface area contributed by atoms with E-state index in [2.05, 4.69) is 23.9 Å². The van der Waals surface area contributed by atoms with Gasteiger partial charge in [0.1, 0.15) is 0 Å². The van der Waals surface area contributed by atoms with Crippen LogP contribution >= 0.6 is 0 Å². The van der Waals surface area contributed by atoms with Crippen molar-refractivity contribution in [1.29, 1.82) is 0 Å². The van der Waals surface area contributed by atoms with Crippen molar-refractivity contribution in [2.75, 3.05) is 27.2 Å². The lowest BCUT2D eigenvalue weighted by molar-refractivity contribution is 0.00185. The van der Waals surface area contributed by atoms with Crippen LogP contribution in [-0.2, 0) is 0 Å². The summed E-state index contributed by atoms with van der Waals surface area (Å²) in [6.45, 7) is 2.72. The van der Waals surface area contributed by atoms with Crippen LogP contribution in [0.15, 0.2) is 0 Å². The highest BCUT2D eigenvalue weighted by molar-refractivity contribution is 4.97. The van der Waals surface area contributed by atoms with E-state index >= 15 is 0 Å². The molecular formula is C19H34N2. The van der Waals surface area contributed by atoms with Gasteiger partial charge in [-0.15, -0.1) is 0 Å². The number of rotatable bonds is 1. The fourth-order valence-corrected chi connectivity index (χ4v) is 6.48. The van der Waals surface area contributed by atoms with Crippen LogP contribution in [0.5, 0.6) is 0 Å². The molecule has 0 bridgehead atoms. The number of likely N-dealkylation sites (tertiary alicyclic amines) is 2. The molecule has 2 heteroatoms. The minimum Gasteiger partial charge on any atom is -0.306 e. The van der Waals surface area contributed by atoms with Gasteiger partial charge in [-0.2, -0.15) is 0 Å². The number of hydrogen-bond donors (Lipinski definition) is 0. The average Bonchev–Trinajstić information content (AvgIpc) is 2.97. The first-order valence-electron chi connectivity index (χ1n) is 9.63. The summed E-state index contributed by atoms with van der Waals surface area (Å²) in [5.41, 5.74) is 0. The highest BCUT2D eigenvalue weighted by atomic mass is 15.2. The maximum atomic E-state index is 2.85. The molecule has 0 aromatic carbocycles. The van der Waals surface area contributed by atoms with E-state index in [1.807, 2.05) is 0 Å². The van der Waals surface area contributed by atoms with Crippen molar-refractivity contribution in [3.8, 4) is 0 Å². The van der Waals surface area contributed by atoms with Crippen LogP contribution in [-0.4, -0.2) is 49.1 Å². The van der Waals surface area contributed by atoms with E-state index in [1.165, 1.54) is 64.5 Å². The first-order chi connectivity index (χ1) is 10.2. The molecule has 4 rings (SSSR count). The van der Waals surface area contributed by atoms with Gasteiger partial charge in [0.2, 0.25) is 0 Å². The van der Waals surface area contributed by atoms with E-state index in [4.69, 9.17) is 0 Å². The van der Waals surface area contributed by atoms with Gasteiger partial charge >= 0.3 is 0 Å². The molecule has 0 aromatic rings. The minimum absolute atomic E-state index is 0.921. The molecular weight excluding hydrogens is 256 g/mol. The Morgan fingerprint density at radius 2 is 1.43 bits per heavy atom. The maximum Gasteiger partial charge on any atom is 0.0124 e. The molecule has 2 heterocycles. The summed E-state index contributed by atoms with van der Waals surface area (Å²) in [5.74, 6) is 4.13. The lowest BCUT2D eigenvalue weighted by atomic mass is 9.67. The van der Waals surface area contributed by atoms with Crippen LogP contribution in [0.3, 0.4) is 0 Å². The third-order valence-corrected chi connectivity index (χ3v) is 7.65. The Labute approximate surface area is 131 Å². The van der Waals surface area contributed by atoms with Crippen LogP contribution in [0.4, 0.5) is 0 Å². The Balaban J connectivity index is 1.40. The van der Waals surface area contributed by atoms with E-state index in [1.54, 1.807) is 6.42 Å². The molecule has 6 atom stereocenters. The fourth-order valence-electron chi connectivity index (χ4n) is 6.48. The molecule has 2 saturated heterocycles. The molecule has 0 N–H and O–H groups in total. The molecule has 2 aliphatic heterocycles. The van der Waals surface area contributed by atoms with Gasteiger partial charge in [0.25, 0.3) is 0 Å². The van der Waals surface area contributed by atoms with Gasteiger partial charge in [0, 0.05) is 18.6 Å². The molecule has 4 fully saturated rings. The minimum atomic E-state index is 0.921. The molecule has 120 valence electrons. The Hall–Kier alpha value is -0.0800. The number of nitrogens with zero attached hydrogens (tertiary/aromatic N) is 2. The summed E-state index contributed by atoms with van der Waals surface area (Å²) in [6, 6.07) is 1.86. The lowest BCUT2D eigenvalue weighted by Crippen LogP contribution is -2.52. The van der Waals surface area contributed by atoms with Crippen molar-refractivity contribution >= 4 is 0 Å². The van der Waals surface area contributed by atoms with Gasteiger partial charge in [-0.05, 0) is 95.7 Å². The number of piperidine rings is 2. The lowest BCUT2D eigenvalue weighted by Gasteiger charge is -2.50. The Kier molecular flexibility index (Phi) is 4.04. The summed E-state index contributed by atoms with van der Waals surface area (Å²) in [5, 5.41) is 0. The number of hydrogen-bond acceptors (Lipinski definition) is 2. The smallest absolute Gasteiger partial charge is 0.0124 e. The van der Waals surface area contributed by atoms with Crippen LogP contribution in [0, 0.1) is 23.7 Å². The van der Waals surface area contributed by atoms with Gasteiger partial charge in [0.05, 0.1) is 0 Å². The van der Waals surface area contributed by atoms with Gasteiger partial charge in [-0.1, -0.05) is 6.42 Å². The Morgan fingerprint density at radius 1 is 0.667 bits per heavy atom. The first kappa shape index (κ1) is 14.5. The second kappa shape index (κ2) is 5.85. The van der Waals surface area contributed by atoms with Crippen LogP contribution < -0.4 is 0 Å². The van der Waals surface area contributed by atoms with Gasteiger partial charge in [-0.3, -0.25) is 4.90 Å². The van der Waals surface area contributed by atoms with Gasteiger partial charge in [-0.25, -0.2) is 0 Å². The molecule has 21 heavy (non-hydrogen) atoms. The van der Waals surface area contributed by atoms with Crippen LogP contribution in [0.2, 0.25) is 0 Å². The molecule has 0 radical (unpaired) electrons. The van der Waals surface area contributed by atoms with Crippen molar-refractivity contribution in [3.63, 3.8) is 0 Å². The van der Waals surface area contributed by atoms with Crippen LogP contribution in [0.25, 0.3) is 0 Å². The second-order valence-electron chi connectivity index (χ2n) is 8.71. The second-order valence-corrected chi connectivity index (χ2v) is 8.71. The Morgan fingerprint density at radius 3 is 2.33 bits per heavy atom. The molecule has 2 nitrogen and oxygen atoms in total. The van der Waals surface area contributed by atoms with E-state index < -0.39 is 0 Å². The third-order valence-electron chi connectivity index (χ3n) is 7.65. The predicted molar refractivity (Wildman–Crippen MR) is 88.3 cm³/mol. The van der Waals surface area contributed by atoms with Gasteiger partial charge in [0.15, 0.2) is 0 Å². The van der Waals surface area contributed by atoms with E-state index in [9.17, 15) is 0 Å². The largest absolute Gasteiger partial charge is 0.306 e. The predicted octanol–water partition coefficient (Wildman–Crippen LogP) is 3.62. The summed E-state index contributed by atoms with van der Waals surface area (Å²) in [4.78, 5) is 5.42. The monoisotopic (exact) mass is 290 g/mol. The summed E-state index contributed by atoms with van der Waals surface area (Å²) >= 11 is 0. The molecule has 0 aromatic heterocycles. The van der Waals surface area contributed by atoms with E-state index in [0.717, 1.165) is 35.8 Å². The Bertz CT molecular complexity index is 369. The van der Waals surface area contributed by atoms with Crippen molar-refractivity contribution < 1.29 is 0 Å². The highest BCUT2D eigenvalue weighted by Gasteiger charge is 2.43. The molecule has 2 saturated carbocycles. The quantitative estimate of drug-likeness (QED) is 0.728. The molecule has 4 aliphatic rings. The van der Waals surface area contributed by atoms with Crippen molar-refractivity contribution in [2.45, 2.75) is 69.9 Å². The molecule has 0 spiro atoms. The molecule has 2 aliphatic carbocycles. The SMILES string of the molecule is CN1CCC2CC(C3CCC4CCCC4N3C)CCC2C1. The van der Waals surface area contributed by atoms with E-state index in [-0.39, 0.29) is 0 Å².